The molecule has 0 aromatic heterocycles. The summed E-state index contributed by atoms with van der Waals surface area (Å²) in [6.07, 6.45) is 1.00. The van der Waals surface area contributed by atoms with Crippen LogP contribution in [-0.2, 0) is 42.4 Å². The van der Waals surface area contributed by atoms with Gasteiger partial charge in [-0.25, -0.2) is 21.6 Å². The fourth-order valence-corrected chi connectivity index (χ4v) is 7.69. The van der Waals surface area contributed by atoms with E-state index < -0.39 is 44.4 Å². The quantitative estimate of drug-likeness (QED) is 0.509. The molecule has 2 aromatic rings. The molecule has 0 bridgehead atoms. The molecular formula is C24H28N2O7S2. The molecule has 1 fully saturated rings. The number of hydrogen-bond acceptors (Lipinski definition) is 7. The van der Waals surface area contributed by atoms with Crippen LogP contribution in [0.1, 0.15) is 34.8 Å². The fraction of sp³-hybridized carbons (Fsp3) is 0.417. The molecular weight excluding hydrogens is 492 g/mol. The Balaban J connectivity index is 1.37. The van der Waals surface area contributed by atoms with Crippen LogP contribution in [-0.4, -0.2) is 75.2 Å². The molecule has 188 valence electrons. The Hall–Kier alpha value is -2.76. The highest BCUT2D eigenvalue weighted by Gasteiger charge is 2.34. The summed E-state index contributed by atoms with van der Waals surface area (Å²) >= 11 is 0. The summed E-state index contributed by atoms with van der Waals surface area (Å²) < 4.78 is 56.2. The van der Waals surface area contributed by atoms with Gasteiger partial charge in [0.1, 0.15) is 0 Å². The highest BCUT2D eigenvalue weighted by Crippen LogP contribution is 2.25. The van der Waals surface area contributed by atoms with Gasteiger partial charge in [0.25, 0.3) is 5.91 Å². The molecule has 9 nitrogen and oxygen atoms in total. The maximum Gasteiger partial charge on any atom is 0.338 e. The van der Waals surface area contributed by atoms with Crippen molar-refractivity contribution in [3.8, 4) is 0 Å². The smallest absolute Gasteiger partial charge is 0.338 e. The number of hydrogen-bond donors (Lipinski definition) is 0. The Morgan fingerprint density at radius 1 is 1.09 bits per heavy atom. The lowest BCUT2D eigenvalue weighted by molar-refractivity contribution is -0.136. The van der Waals surface area contributed by atoms with Crippen molar-refractivity contribution in [2.75, 3.05) is 31.2 Å². The van der Waals surface area contributed by atoms with Crippen LogP contribution >= 0.6 is 0 Å². The number of nitrogens with zero attached hydrogens (tertiary/aromatic N) is 2. The van der Waals surface area contributed by atoms with Crippen LogP contribution in [0, 0.1) is 0 Å². The first-order valence-electron chi connectivity index (χ1n) is 11.4. The number of sulfone groups is 1. The van der Waals surface area contributed by atoms with Gasteiger partial charge in [0.05, 0.1) is 22.0 Å². The van der Waals surface area contributed by atoms with Crippen molar-refractivity contribution in [3.63, 3.8) is 0 Å². The van der Waals surface area contributed by atoms with E-state index in [1.54, 1.807) is 6.92 Å². The Bertz CT molecular complexity index is 1320. The van der Waals surface area contributed by atoms with Crippen molar-refractivity contribution in [2.45, 2.75) is 37.2 Å². The van der Waals surface area contributed by atoms with Gasteiger partial charge >= 0.3 is 5.97 Å². The number of likely N-dealkylation sites (N-methyl/N-ethyl adjacent to an activating group) is 1. The molecule has 2 aromatic carbocycles. The topological polar surface area (TPSA) is 118 Å². The van der Waals surface area contributed by atoms with Crippen molar-refractivity contribution < 1.29 is 31.2 Å². The molecule has 1 atom stereocenters. The normalized spacial score (nSPS) is 19.6. The summed E-state index contributed by atoms with van der Waals surface area (Å²) in [5, 5.41) is 0. The number of rotatable bonds is 7. The van der Waals surface area contributed by atoms with E-state index in [0.29, 0.717) is 32.5 Å². The molecule has 1 saturated heterocycles. The lowest BCUT2D eigenvalue weighted by Crippen LogP contribution is -2.43. The zero-order chi connectivity index (χ0) is 25.2. The number of carbonyl (C=O) groups is 2. The third-order valence-corrected chi connectivity index (χ3v) is 10.1. The highest BCUT2D eigenvalue weighted by atomic mass is 32.2. The first-order chi connectivity index (χ1) is 16.6. The maximum atomic E-state index is 13.1. The second kappa shape index (κ2) is 10.1. The van der Waals surface area contributed by atoms with E-state index in [4.69, 9.17) is 4.74 Å². The molecule has 4 rings (SSSR count). The van der Waals surface area contributed by atoms with Crippen LogP contribution in [0.4, 0.5) is 0 Å². The van der Waals surface area contributed by atoms with E-state index in [1.165, 1.54) is 33.5 Å². The van der Waals surface area contributed by atoms with Crippen LogP contribution < -0.4 is 0 Å². The number of benzene rings is 2. The van der Waals surface area contributed by atoms with Crippen molar-refractivity contribution in [2.24, 2.45) is 0 Å². The number of carbonyl (C=O) groups excluding carboxylic acids is 2. The average molecular weight is 521 g/mol. The fourth-order valence-electron chi connectivity index (χ4n) is 4.54. The second-order valence-corrected chi connectivity index (χ2v) is 12.9. The third-order valence-electron chi connectivity index (χ3n) is 6.46. The first-order valence-corrected chi connectivity index (χ1v) is 14.7. The molecule has 0 unspecified atom stereocenters. The van der Waals surface area contributed by atoms with Gasteiger partial charge in [-0.15, -0.1) is 0 Å². The van der Waals surface area contributed by atoms with E-state index in [0.717, 1.165) is 11.1 Å². The molecule has 11 heteroatoms. The van der Waals surface area contributed by atoms with Gasteiger partial charge < -0.3 is 9.64 Å². The Kier molecular flexibility index (Phi) is 7.30. The number of amides is 1. The lowest BCUT2D eigenvalue weighted by atomic mass is 10.0. The van der Waals surface area contributed by atoms with E-state index in [2.05, 4.69) is 0 Å². The van der Waals surface area contributed by atoms with Crippen LogP contribution in [0.2, 0.25) is 0 Å². The number of ether oxygens (including phenoxy) is 1. The summed E-state index contributed by atoms with van der Waals surface area (Å²) in [6.45, 7) is 2.20. The highest BCUT2D eigenvalue weighted by molar-refractivity contribution is 7.91. The van der Waals surface area contributed by atoms with Gasteiger partial charge in [-0.1, -0.05) is 24.3 Å². The lowest BCUT2D eigenvalue weighted by Gasteiger charge is -2.28. The van der Waals surface area contributed by atoms with Gasteiger partial charge in [0, 0.05) is 25.7 Å². The van der Waals surface area contributed by atoms with Gasteiger partial charge in [-0.2, -0.15) is 4.31 Å². The number of sulfonamides is 1. The van der Waals surface area contributed by atoms with Gasteiger partial charge in [-0.05, 0) is 55.2 Å². The minimum atomic E-state index is -3.74. The first kappa shape index (κ1) is 25.3. The second-order valence-electron chi connectivity index (χ2n) is 8.69. The molecule has 0 N–H and O–H groups in total. The van der Waals surface area contributed by atoms with Crippen molar-refractivity contribution in [3.05, 3.63) is 65.2 Å². The molecule has 2 heterocycles. The average Bonchev–Trinajstić information content (AvgIpc) is 3.21. The Morgan fingerprint density at radius 3 is 2.40 bits per heavy atom. The van der Waals surface area contributed by atoms with Crippen LogP contribution in [0.5, 0.6) is 0 Å². The predicted octanol–water partition coefficient (Wildman–Crippen LogP) is 1.63. The van der Waals surface area contributed by atoms with Crippen LogP contribution in [0.3, 0.4) is 0 Å². The third kappa shape index (κ3) is 5.57. The molecule has 0 aliphatic carbocycles. The van der Waals surface area contributed by atoms with Crippen molar-refractivity contribution >= 4 is 31.7 Å². The zero-order valence-corrected chi connectivity index (χ0v) is 21.1. The molecule has 2 aliphatic heterocycles. The molecule has 0 radical (unpaired) electrons. The van der Waals surface area contributed by atoms with Crippen LogP contribution in [0.25, 0.3) is 0 Å². The summed E-state index contributed by atoms with van der Waals surface area (Å²) in [5.41, 5.74) is 2.23. The summed E-state index contributed by atoms with van der Waals surface area (Å²) in [5.74, 6) is -1.27. The van der Waals surface area contributed by atoms with Crippen LogP contribution in [0.15, 0.2) is 53.4 Å². The van der Waals surface area contributed by atoms with E-state index in [9.17, 15) is 26.4 Å². The number of esters is 1. The molecule has 2 aliphatic rings. The van der Waals surface area contributed by atoms with Gasteiger partial charge in [0.15, 0.2) is 16.4 Å². The predicted molar refractivity (Wildman–Crippen MR) is 129 cm³/mol. The SMILES string of the molecule is CCN(C(=O)COC(=O)c1ccc(S(=O)(=O)N2CCc3ccccc3C2)cc1)[C@@H]1CCS(=O)(=O)C1. The van der Waals surface area contributed by atoms with Crippen molar-refractivity contribution in [1.82, 2.24) is 9.21 Å². The largest absolute Gasteiger partial charge is 0.452 e. The Labute approximate surface area is 205 Å². The zero-order valence-electron chi connectivity index (χ0n) is 19.4. The summed E-state index contributed by atoms with van der Waals surface area (Å²) in [4.78, 5) is 26.5. The van der Waals surface area contributed by atoms with E-state index in [1.807, 2.05) is 24.3 Å². The number of fused-ring (bicyclic) bond motifs is 1. The summed E-state index contributed by atoms with van der Waals surface area (Å²) in [6, 6.07) is 12.8. The standard InChI is InChI=1S/C24H28N2O7S2/c1-2-26(21-12-14-34(29,30)17-21)23(27)16-33-24(28)19-7-9-22(10-8-19)35(31,32)25-13-11-18-5-3-4-6-20(18)15-25/h3-10,21H,2,11-17H2,1H3/t21-/m1/s1. The van der Waals surface area contributed by atoms with E-state index >= 15 is 0 Å². The van der Waals surface area contributed by atoms with Crippen molar-refractivity contribution in [1.29, 1.82) is 0 Å². The molecule has 0 saturated carbocycles. The minimum absolute atomic E-state index is 0.0421. The maximum absolute atomic E-state index is 13.1. The van der Waals surface area contributed by atoms with E-state index in [-0.39, 0.29) is 22.0 Å². The minimum Gasteiger partial charge on any atom is -0.452 e. The monoisotopic (exact) mass is 520 g/mol. The summed E-state index contributed by atoms with van der Waals surface area (Å²) in [7, 11) is -6.89. The van der Waals surface area contributed by atoms with Gasteiger partial charge in [-0.3, -0.25) is 4.79 Å². The molecule has 1 amide bonds. The molecule has 35 heavy (non-hydrogen) atoms. The Morgan fingerprint density at radius 2 is 1.77 bits per heavy atom. The van der Waals surface area contributed by atoms with Gasteiger partial charge in [0.2, 0.25) is 10.0 Å². The molecule has 0 spiro atoms.